The minimum Gasteiger partial charge on any atom is -0.313 e. The molecule has 0 N–H and O–H groups in total. The Labute approximate surface area is 141 Å². The van der Waals surface area contributed by atoms with Gasteiger partial charge in [0.1, 0.15) is 0 Å². The molecule has 0 atom stereocenters. The molecular weight excluding hydrogens is 322 g/mol. The van der Waals surface area contributed by atoms with Crippen molar-refractivity contribution < 1.29 is 13.2 Å². The lowest BCUT2D eigenvalue weighted by atomic mass is 10.0. The number of hydrogen-bond acceptors (Lipinski definition) is 3. The first-order chi connectivity index (χ1) is 11.4. The van der Waals surface area contributed by atoms with E-state index in [1.54, 1.807) is 19.1 Å². The standard InChI is InChI=1S/C19H19NO3S/c1-4-24(22,23)19-8-7-13(2)10-16(19)15-11-17-14(3)6-5-9-20(17)18(15)12-21/h5-12H,4H2,1-3H3. The van der Waals surface area contributed by atoms with E-state index in [0.717, 1.165) is 22.9 Å². The summed E-state index contributed by atoms with van der Waals surface area (Å²) in [6.07, 6.45) is 2.60. The molecule has 2 aromatic heterocycles. The van der Waals surface area contributed by atoms with Crippen LogP contribution in [-0.2, 0) is 9.84 Å². The number of aromatic nitrogens is 1. The van der Waals surface area contributed by atoms with Gasteiger partial charge >= 0.3 is 0 Å². The molecule has 0 bridgehead atoms. The summed E-state index contributed by atoms with van der Waals surface area (Å²) < 4.78 is 26.8. The van der Waals surface area contributed by atoms with Crippen LogP contribution in [-0.4, -0.2) is 24.9 Å². The van der Waals surface area contributed by atoms with Crippen molar-refractivity contribution in [2.45, 2.75) is 25.7 Å². The van der Waals surface area contributed by atoms with Crippen LogP contribution in [0.2, 0.25) is 0 Å². The molecule has 3 rings (SSSR count). The van der Waals surface area contributed by atoms with Gasteiger partial charge in [-0.3, -0.25) is 4.79 Å². The number of nitrogens with zero attached hydrogens (tertiary/aromatic N) is 1. The van der Waals surface area contributed by atoms with E-state index in [-0.39, 0.29) is 10.6 Å². The van der Waals surface area contributed by atoms with Crippen LogP contribution in [0.1, 0.15) is 28.5 Å². The Bertz CT molecular complexity index is 1050. The average Bonchev–Trinajstić information content (AvgIpc) is 2.94. The quantitative estimate of drug-likeness (QED) is 0.678. The molecule has 0 radical (unpaired) electrons. The number of sulfone groups is 1. The first-order valence-electron chi connectivity index (χ1n) is 7.78. The van der Waals surface area contributed by atoms with Crippen molar-refractivity contribution in [2.24, 2.45) is 0 Å². The van der Waals surface area contributed by atoms with Gasteiger partial charge in [-0.1, -0.05) is 30.7 Å². The summed E-state index contributed by atoms with van der Waals surface area (Å²) in [5.74, 6) is 0.0197. The van der Waals surface area contributed by atoms with Crippen molar-refractivity contribution in [1.29, 1.82) is 0 Å². The number of carbonyl (C=O) groups is 1. The average molecular weight is 341 g/mol. The lowest BCUT2D eigenvalue weighted by Crippen LogP contribution is -2.06. The van der Waals surface area contributed by atoms with Crippen LogP contribution < -0.4 is 0 Å². The molecule has 3 aromatic rings. The molecule has 0 amide bonds. The van der Waals surface area contributed by atoms with Gasteiger partial charge in [0.05, 0.1) is 16.3 Å². The first-order valence-corrected chi connectivity index (χ1v) is 9.44. The number of rotatable bonds is 4. The summed E-state index contributed by atoms with van der Waals surface area (Å²) in [6, 6.07) is 11.0. The molecule has 0 unspecified atom stereocenters. The van der Waals surface area contributed by atoms with Crippen LogP contribution in [0.15, 0.2) is 47.5 Å². The van der Waals surface area contributed by atoms with Crippen LogP contribution in [0.25, 0.3) is 16.6 Å². The topological polar surface area (TPSA) is 55.6 Å². The van der Waals surface area contributed by atoms with E-state index in [1.807, 2.05) is 48.7 Å². The van der Waals surface area contributed by atoms with Gasteiger partial charge < -0.3 is 4.40 Å². The monoisotopic (exact) mass is 341 g/mol. The van der Waals surface area contributed by atoms with Gasteiger partial charge in [-0.25, -0.2) is 8.42 Å². The first kappa shape index (κ1) is 16.5. The van der Waals surface area contributed by atoms with Crippen molar-refractivity contribution in [2.75, 3.05) is 5.75 Å². The predicted molar refractivity (Wildman–Crippen MR) is 95.4 cm³/mol. The van der Waals surface area contributed by atoms with Crippen LogP contribution in [0.3, 0.4) is 0 Å². The maximum absolute atomic E-state index is 12.5. The molecule has 1 aromatic carbocycles. The highest BCUT2D eigenvalue weighted by Crippen LogP contribution is 2.34. The van der Waals surface area contributed by atoms with Gasteiger partial charge in [0.2, 0.25) is 0 Å². The zero-order valence-corrected chi connectivity index (χ0v) is 14.7. The Kier molecular flexibility index (Phi) is 4.05. The fourth-order valence-corrected chi connectivity index (χ4v) is 4.07. The largest absolute Gasteiger partial charge is 0.313 e. The number of benzene rings is 1. The fourth-order valence-electron chi connectivity index (χ4n) is 2.98. The molecule has 2 heterocycles. The summed E-state index contributed by atoms with van der Waals surface area (Å²) in [6.45, 7) is 5.50. The van der Waals surface area contributed by atoms with E-state index in [1.165, 1.54) is 0 Å². The van der Waals surface area contributed by atoms with Crippen LogP contribution in [0.4, 0.5) is 0 Å². The fraction of sp³-hybridized carbons (Fsp3) is 0.211. The summed E-state index contributed by atoms with van der Waals surface area (Å²) in [7, 11) is -3.39. The second-order valence-corrected chi connectivity index (χ2v) is 8.16. The Balaban J connectivity index is 2.42. The number of fused-ring (bicyclic) bond motifs is 1. The maximum Gasteiger partial charge on any atom is 0.178 e. The molecule has 5 heteroatoms. The third-order valence-corrected chi connectivity index (χ3v) is 6.10. The molecule has 0 aliphatic carbocycles. The third kappa shape index (κ3) is 2.55. The van der Waals surface area contributed by atoms with Gasteiger partial charge in [-0.2, -0.15) is 0 Å². The lowest BCUT2D eigenvalue weighted by molar-refractivity contribution is 0.111. The summed E-state index contributed by atoms with van der Waals surface area (Å²) >= 11 is 0. The van der Waals surface area contributed by atoms with Crippen molar-refractivity contribution in [1.82, 2.24) is 4.40 Å². The van der Waals surface area contributed by atoms with E-state index >= 15 is 0 Å². The lowest BCUT2D eigenvalue weighted by Gasteiger charge is -2.10. The minimum atomic E-state index is -3.39. The van der Waals surface area contributed by atoms with Crippen molar-refractivity contribution in [3.8, 4) is 11.1 Å². The smallest absolute Gasteiger partial charge is 0.178 e. The molecule has 0 fully saturated rings. The number of carbonyl (C=O) groups excluding carboxylic acids is 1. The molecular formula is C19H19NO3S. The van der Waals surface area contributed by atoms with E-state index < -0.39 is 9.84 Å². The van der Waals surface area contributed by atoms with Gasteiger partial charge in [0, 0.05) is 22.8 Å². The molecule has 124 valence electrons. The number of aldehydes is 1. The Hall–Kier alpha value is -2.40. The molecule has 4 nitrogen and oxygen atoms in total. The van der Waals surface area contributed by atoms with Gasteiger partial charge in [0.15, 0.2) is 16.1 Å². The summed E-state index contributed by atoms with van der Waals surface area (Å²) in [5, 5.41) is 0. The van der Waals surface area contributed by atoms with Gasteiger partial charge in [-0.05, 0) is 37.6 Å². The highest BCUT2D eigenvalue weighted by Gasteiger charge is 2.21. The molecule has 0 saturated heterocycles. The Morgan fingerprint density at radius 3 is 2.50 bits per heavy atom. The number of pyridine rings is 1. The zero-order chi connectivity index (χ0) is 17.5. The van der Waals surface area contributed by atoms with Crippen LogP contribution in [0.5, 0.6) is 0 Å². The maximum atomic E-state index is 12.5. The second-order valence-electron chi connectivity index (χ2n) is 5.91. The Morgan fingerprint density at radius 2 is 1.83 bits per heavy atom. The van der Waals surface area contributed by atoms with Crippen molar-refractivity contribution in [3.05, 3.63) is 59.4 Å². The summed E-state index contributed by atoms with van der Waals surface area (Å²) in [5.41, 5.74) is 4.57. The normalized spacial score (nSPS) is 11.8. The molecule has 0 spiro atoms. The van der Waals surface area contributed by atoms with Gasteiger partial charge in [0.25, 0.3) is 0 Å². The van der Waals surface area contributed by atoms with Crippen molar-refractivity contribution in [3.63, 3.8) is 0 Å². The molecule has 0 aliphatic heterocycles. The number of hydrogen-bond donors (Lipinski definition) is 0. The molecule has 0 aliphatic rings. The molecule has 0 saturated carbocycles. The number of aryl methyl sites for hydroxylation is 2. The van der Waals surface area contributed by atoms with E-state index in [2.05, 4.69) is 0 Å². The highest BCUT2D eigenvalue weighted by atomic mass is 32.2. The van der Waals surface area contributed by atoms with Crippen LogP contribution >= 0.6 is 0 Å². The highest BCUT2D eigenvalue weighted by molar-refractivity contribution is 7.91. The van der Waals surface area contributed by atoms with Gasteiger partial charge in [-0.15, -0.1) is 0 Å². The zero-order valence-electron chi connectivity index (χ0n) is 13.9. The van der Waals surface area contributed by atoms with Crippen molar-refractivity contribution >= 4 is 21.6 Å². The third-order valence-electron chi connectivity index (χ3n) is 4.31. The van der Waals surface area contributed by atoms with E-state index in [0.29, 0.717) is 16.8 Å². The predicted octanol–water partition coefficient (Wildman–Crippen LogP) is 3.83. The van der Waals surface area contributed by atoms with Crippen LogP contribution in [0, 0.1) is 13.8 Å². The summed E-state index contributed by atoms with van der Waals surface area (Å²) in [4.78, 5) is 12.0. The second kappa shape index (κ2) is 5.91. The van der Waals surface area contributed by atoms with E-state index in [9.17, 15) is 13.2 Å². The molecule has 24 heavy (non-hydrogen) atoms. The Morgan fingerprint density at radius 1 is 1.08 bits per heavy atom. The minimum absolute atomic E-state index is 0.0197. The van der Waals surface area contributed by atoms with E-state index in [4.69, 9.17) is 0 Å². The SMILES string of the molecule is CCS(=O)(=O)c1ccc(C)cc1-c1cc2c(C)cccn2c1C=O.